The number of nitrogens with one attached hydrogen (secondary N) is 2. The summed E-state index contributed by atoms with van der Waals surface area (Å²) in [4.78, 5) is 0. The molecule has 7 nitrogen and oxygen atoms in total. The van der Waals surface area contributed by atoms with Gasteiger partial charge in [0.25, 0.3) is 10.2 Å². The summed E-state index contributed by atoms with van der Waals surface area (Å²) in [7, 11) is -4.84. The standard InChI is InChI=1S/C12H25N3O4S2/c1-13-8-11-4-2-6-15(9-11)21(18,19)14-12-5-3-7-20(16,17)10-12/h11-14H,2-10H2,1H3. The third-order valence-corrected chi connectivity index (χ3v) is 7.56. The number of hydrogen-bond donors (Lipinski definition) is 2. The van der Waals surface area contributed by atoms with E-state index in [1.165, 1.54) is 4.31 Å². The molecule has 0 bridgehead atoms. The van der Waals surface area contributed by atoms with E-state index in [9.17, 15) is 16.8 Å². The van der Waals surface area contributed by atoms with Gasteiger partial charge in [-0.2, -0.15) is 17.4 Å². The number of nitrogens with zero attached hydrogens (tertiary/aromatic N) is 1. The third-order valence-electron chi connectivity index (χ3n) is 4.09. The molecule has 2 N–H and O–H groups in total. The summed E-state index contributed by atoms with van der Waals surface area (Å²) in [6.45, 7) is 1.80. The molecule has 2 heterocycles. The van der Waals surface area contributed by atoms with Crippen molar-refractivity contribution in [2.45, 2.75) is 31.7 Å². The summed E-state index contributed by atoms with van der Waals surface area (Å²) < 4.78 is 52.1. The second kappa shape index (κ2) is 6.91. The molecule has 0 aromatic rings. The van der Waals surface area contributed by atoms with Crippen LogP contribution in [0, 0.1) is 5.92 Å². The van der Waals surface area contributed by atoms with Gasteiger partial charge < -0.3 is 5.32 Å². The second-order valence-electron chi connectivity index (χ2n) is 6.00. The SMILES string of the molecule is CNCC1CCCN(S(=O)(=O)NC2CCCS(=O)(=O)C2)C1. The molecular weight excluding hydrogens is 314 g/mol. The van der Waals surface area contributed by atoms with Crippen molar-refractivity contribution in [1.82, 2.24) is 14.3 Å². The summed E-state index contributed by atoms with van der Waals surface area (Å²) in [6, 6.07) is -0.488. The van der Waals surface area contributed by atoms with Crippen LogP contribution in [0.1, 0.15) is 25.7 Å². The smallest absolute Gasteiger partial charge is 0.279 e. The predicted octanol–water partition coefficient (Wildman–Crippen LogP) is -0.671. The van der Waals surface area contributed by atoms with Crippen LogP contribution in [-0.4, -0.2) is 65.4 Å². The fourth-order valence-electron chi connectivity index (χ4n) is 3.10. The molecule has 2 fully saturated rings. The zero-order valence-electron chi connectivity index (χ0n) is 12.4. The lowest BCUT2D eigenvalue weighted by atomic mass is 10.00. The van der Waals surface area contributed by atoms with Crippen molar-refractivity contribution in [2.24, 2.45) is 5.92 Å². The van der Waals surface area contributed by atoms with Crippen molar-refractivity contribution < 1.29 is 16.8 Å². The van der Waals surface area contributed by atoms with Crippen molar-refractivity contribution in [1.29, 1.82) is 0 Å². The highest BCUT2D eigenvalue weighted by atomic mass is 32.2. The van der Waals surface area contributed by atoms with E-state index in [1.54, 1.807) is 0 Å². The van der Waals surface area contributed by atoms with Gasteiger partial charge in [-0.15, -0.1) is 0 Å². The van der Waals surface area contributed by atoms with E-state index in [4.69, 9.17) is 0 Å². The van der Waals surface area contributed by atoms with Crippen molar-refractivity contribution >= 4 is 20.0 Å². The number of hydrogen-bond acceptors (Lipinski definition) is 5. The van der Waals surface area contributed by atoms with E-state index in [1.807, 2.05) is 7.05 Å². The molecule has 0 spiro atoms. The Kier molecular flexibility index (Phi) is 5.64. The molecule has 2 atom stereocenters. The third kappa shape index (κ3) is 4.88. The highest BCUT2D eigenvalue weighted by Gasteiger charge is 2.33. The van der Waals surface area contributed by atoms with Crippen LogP contribution >= 0.6 is 0 Å². The first-order valence-electron chi connectivity index (χ1n) is 7.45. The average molecular weight is 339 g/mol. The van der Waals surface area contributed by atoms with Crippen LogP contribution in [0.4, 0.5) is 0 Å². The lowest BCUT2D eigenvalue weighted by molar-refractivity contribution is 0.259. The first-order valence-corrected chi connectivity index (χ1v) is 10.7. The lowest BCUT2D eigenvalue weighted by Gasteiger charge is -2.33. The molecule has 2 saturated heterocycles. The maximum absolute atomic E-state index is 12.4. The summed E-state index contributed by atoms with van der Waals surface area (Å²) in [5, 5.41) is 3.08. The van der Waals surface area contributed by atoms with E-state index in [0.717, 1.165) is 19.4 Å². The Balaban J connectivity index is 1.97. The molecule has 0 saturated carbocycles. The minimum Gasteiger partial charge on any atom is -0.319 e. The van der Waals surface area contributed by atoms with Gasteiger partial charge in [-0.05, 0) is 45.2 Å². The number of sulfone groups is 1. The van der Waals surface area contributed by atoms with Crippen molar-refractivity contribution in [2.75, 3.05) is 38.2 Å². The Hall–Kier alpha value is -0.220. The normalized spacial score (nSPS) is 31.1. The topological polar surface area (TPSA) is 95.6 Å². The van der Waals surface area contributed by atoms with Crippen LogP contribution in [0.5, 0.6) is 0 Å². The summed E-state index contributed by atoms with van der Waals surface area (Å²) >= 11 is 0. The molecule has 0 aromatic carbocycles. The molecule has 0 aliphatic carbocycles. The Labute approximate surface area is 127 Å². The zero-order valence-corrected chi connectivity index (χ0v) is 14.0. The van der Waals surface area contributed by atoms with Gasteiger partial charge in [0.15, 0.2) is 9.84 Å². The van der Waals surface area contributed by atoms with Gasteiger partial charge in [-0.1, -0.05) is 0 Å². The Morgan fingerprint density at radius 2 is 2.00 bits per heavy atom. The van der Waals surface area contributed by atoms with Gasteiger partial charge in [-0.3, -0.25) is 0 Å². The Morgan fingerprint density at radius 3 is 2.67 bits per heavy atom. The number of rotatable bonds is 5. The quantitative estimate of drug-likeness (QED) is 0.693. The highest BCUT2D eigenvalue weighted by molar-refractivity contribution is 7.91. The van der Waals surface area contributed by atoms with Gasteiger partial charge in [0.1, 0.15) is 0 Å². The van der Waals surface area contributed by atoms with Gasteiger partial charge >= 0.3 is 0 Å². The lowest BCUT2D eigenvalue weighted by Crippen LogP contribution is -2.52. The van der Waals surface area contributed by atoms with Crippen LogP contribution in [0.15, 0.2) is 0 Å². The highest BCUT2D eigenvalue weighted by Crippen LogP contribution is 2.19. The summed E-state index contributed by atoms with van der Waals surface area (Å²) in [6.07, 6.45) is 2.98. The van der Waals surface area contributed by atoms with Crippen LogP contribution in [0.3, 0.4) is 0 Å². The van der Waals surface area contributed by atoms with Crippen LogP contribution in [-0.2, 0) is 20.0 Å². The van der Waals surface area contributed by atoms with Gasteiger partial charge in [0, 0.05) is 19.1 Å². The molecule has 0 amide bonds. The minimum atomic E-state index is -3.59. The molecular formula is C12H25N3O4S2. The molecule has 2 aliphatic heterocycles. The fraction of sp³-hybridized carbons (Fsp3) is 1.00. The van der Waals surface area contributed by atoms with Crippen molar-refractivity contribution in [3.05, 3.63) is 0 Å². The molecule has 21 heavy (non-hydrogen) atoms. The summed E-state index contributed by atoms with van der Waals surface area (Å²) in [5.41, 5.74) is 0. The molecule has 2 rings (SSSR count). The fourth-order valence-corrected chi connectivity index (χ4v) is 6.39. The molecule has 9 heteroatoms. The van der Waals surface area contributed by atoms with Gasteiger partial charge in [0.2, 0.25) is 0 Å². The molecule has 2 unspecified atom stereocenters. The predicted molar refractivity (Wildman–Crippen MR) is 82.0 cm³/mol. The van der Waals surface area contributed by atoms with Crippen LogP contribution in [0.2, 0.25) is 0 Å². The monoisotopic (exact) mass is 339 g/mol. The number of piperidine rings is 1. The van der Waals surface area contributed by atoms with E-state index in [-0.39, 0.29) is 11.5 Å². The molecule has 124 valence electrons. The maximum Gasteiger partial charge on any atom is 0.279 e. The molecule has 0 aromatic heterocycles. The van der Waals surface area contributed by atoms with Crippen LogP contribution in [0.25, 0.3) is 0 Å². The average Bonchev–Trinajstić information content (AvgIpc) is 2.37. The van der Waals surface area contributed by atoms with E-state index in [0.29, 0.717) is 31.8 Å². The van der Waals surface area contributed by atoms with E-state index < -0.39 is 26.1 Å². The van der Waals surface area contributed by atoms with Crippen molar-refractivity contribution in [3.8, 4) is 0 Å². The first-order chi connectivity index (χ1) is 9.82. The van der Waals surface area contributed by atoms with Crippen LogP contribution < -0.4 is 10.0 Å². The second-order valence-corrected chi connectivity index (χ2v) is 9.93. The van der Waals surface area contributed by atoms with E-state index in [2.05, 4.69) is 10.0 Å². The van der Waals surface area contributed by atoms with Gasteiger partial charge in [0.05, 0.1) is 11.5 Å². The maximum atomic E-state index is 12.4. The van der Waals surface area contributed by atoms with Gasteiger partial charge in [-0.25, -0.2) is 8.42 Å². The Bertz CT molecular complexity index is 545. The van der Waals surface area contributed by atoms with E-state index >= 15 is 0 Å². The Morgan fingerprint density at radius 1 is 1.24 bits per heavy atom. The first kappa shape index (κ1) is 17.1. The summed E-state index contributed by atoms with van der Waals surface area (Å²) in [5.74, 6) is 0.398. The zero-order chi connectivity index (χ0) is 15.5. The largest absolute Gasteiger partial charge is 0.319 e. The molecule has 0 radical (unpaired) electrons. The molecule has 2 aliphatic rings. The minimum absolute atomic E-state index is 0.0833. The van der Waals surface area contributed by atoms with Crippen molar-refractivity contribution in [3.63, 3.8) is 0 Å².